The summed E-state index contributed by atoms with van der Waals surface area (Å²) in [7, 11) is 0. The van der Waals surface area contributed by atoms with E-state index >= 15 is 0 Å². The number of morpholine rings is 1. The summed E-state index contributed by atoms with van der Waals surface area (Å²) >= 11 is 12.7. The molecule has 218 valence electrons. The zero-order chi connectivity index (χ0) is 28.2. The van der Waals surface area contributed by atoms with Crippen LogP contribution in [0.3, 0.4) is 0 Å². The normalized spacial score (nSPS) is 20.6. The molecule has 0 bridgehead atoms. The summed E-state index contributed by atoms with van der Waals surface area (Å²) < 4.78 is 6.54. The number of carbonyl (C=O) groups is 2. The van der Waals surface area contributed by atoms with E-state index in [0.717, 1.165) is 43.6 Å². The van der Waals surface area contributed by atoms with Crippen LogP contribution >= 0.6 is 35.6 Å². The van der Waals surface area contributed by atoms with E-state index in [4.69, 9.17) is 27.9 Å². The average Bonchev–Trinajstić information content (AvgIpc) is 2.98. The van der Waals surface area contributed by atoms with Gasteiger partial charge >= 0.3 is 0 Å². The van der Waals surface area contributed by atoms with Gasteiger partial charge in [0.2, 0.25) is 5.91 Å². The van der Waals surface area contributed by atoms with E-state index < -0.39 is 5.60 Å². The standard InChI is InChI=1S/C32H35Cl2N3O3.ClH/c1-24(38)35-31(26-10-6-3-7-11-26)14-17-36(18-15-31)19-16-32(27-12-13-28(33)29(34)22-27)23-37(20-21-40-32)30(39)25-8-4-2-5-9-25;/h2-13,22H,14-21,23H2,1H3,(H,35,38);1H. The van der Waals surface area contributed by atoms with Gasteiger partial charge in [-0.25, -0.2) is 0 Å². The van der Waals surface area contributed by atoms with Gasteiger partial charge in [-0.2, -0.15) is 0 Å². The third kappa shape index (κ3) is 7.07. The fourth-order valence-electron chi connectivity index (χ4n) is 6.05. The minimum absolute atomic E-state index is 0. The number of benzene rings is 3. The van der Waals surface area contributed by atoms with Gasteiger partial charge in [0.05, 0.1) is 28.7 Å². The summed E-state index contributed by atoms with van der Waals surface area (Å²) in [6.45, 7) is 5.40. The third-order valence-electron chi connectivity index (χ3n) is 8.22. The van der Waals surface area contributed by atoms with Crippen molar-refractivity contribution in [3.8, 4) is 0 Å². The Kier molecular flexibility index (Phi) is 10.4. The van der Waals surface area contributed by atoms with Crippen molar-refractivity contribution in [2.45, 2.75) is 37.3 Å². The van der Waals surface area contributed by atoms with Crippen LogP contribution in [0, 0.1) is 0 Å². The Labute approximate surface area is 258 Å². The van der Waals surface area contributed by atoms with Crippen molar-refractivity contribution in [2.75, 3.05) is 39.3 Å². The molecule has 1 unspecified atom stereocenters. The van der Waals surface area contributed by atoms with Crippen LogP contribution in [0.1, 0.15) is 47.7 Å². The van der Waals surface area contributed by atoms with Crippen LogP contribution in [0.25, 0.3) is 0 Å². The van der Waals surface area contributed by atoms with Crippen molar-refractivity contribution < 1.29 is 14.3 Å². The zero-order valence-electron chi connectivity index (χ0n) is 23.2. The Bertz CT molecular complexity index is 1330. The molecule has 6 nitrogen and oxygen atoms in total. The van der Waals surface area contributed by atoms with Gasteiger partial charge < -0.3 is 19.9 Å². The first-order chi connectivity index (χ1) is 19.3. The van der Waals surface area contributed by atoms with Crippen LogP contribution in [-0.2, 0) is 20.7 Å². The summed E-state index contributed by atoms with van der Waals surface area (Å²) in [4.78, 5) is 29.9. The van der Waals surface area contributed by atoms with Crippen LogP contribution in [0.15, 0.2) is 78.9 Å². The highest BCUT2D eigenvalue weighted by atomic mass is 35.5. The summed E-state index contributed by atoms with van der Waals surface area (Å²) in [5.41, 5.74) is 1.64. The number of hydrogen-bond acceptors (Lipinski definition) is 4. The van der Waals surface area contributed by atoms with Crippen LogP contribution in [-0.4, -0.2) is 60.9 Å². The smallest absolute Gasteiger partial charge is 0.254 e. The van der Waals surface area contributed by atoms with Crippen LogP contribution in [0.4, 0.5) is 0 Å². The second-order valence-corrected chi connectivity index (χ2v) is 11.6. The number of ether oxygens (including phenoxy) is 1. The van der Waals surface area contributed by atoms with E-state index in [0.29, 0.717) is 41.7 Å². The number of nitrogens with one attached hydrogen (secondary N) is 1. The van der Waals surface area contributed by atoms with Crippen molar-refractivity contribution in [3.05, 3.63) is 106 Å². The minimum atomic E-state index is -0.720. The predicted molar refractivity (Wildman–Crippen MR) is 166 cm³/mol. The molecule has 2 aliphatic rings. The summed E-state index contributed by atoms with van der Waals surface area (Å²) in [5.74, 6) is -0.0242. The summed E-state index contributed by atoms with van der Waals surface area (Å²) in [5, 5.41) is 4.21. The fourth-order valence-corrected chi connectivity index (χ4v) is 6.35. The molecule has 3 aromatic rings. The maximum absolute atomic E-state index is 13.4. The first-order valence-corrected chi connectivity index (χ1v) is 14.6. The monoisotopic (exact) mass is 615 g/mol. The van der Waals surface area contributed by atoms with Crippen molar-refractivity contribution in [2.24, 2.45) is 0 Å². The van der Waals surface area contributed by atoms with E-state index in [-0.39, 0.29) is 29.8 Å². The number of amides is 2. The Morgan fingerprint density at radius 2 is 1.54 bits per heavy atom. The molecular weight excluding hydrogens is 581 g/mol. The topological polar surface area (TPSA) is 61.9 Å². The Hall–Kier alpha value is -2.61. The van der Waals surface area contributed by atoms with E-state index in [9.17, 15) is 9.59 Å². The van der Waals surface area contributed by atoms with Crippen molar-refractivity contribution >= 4 is 47.4 Å². The van der Waals surface area contributed by atoms with Crippen molar-refractivity contribution in [1.29, 1.82) is 0 Å². The predicted octanol–water partition coefficient (Wildman–Crippen LogP) is 6.30. The number of piperidine rings is 1. The van der Waals surface area contributed by atoms with Crippen molar-refractivity contribution in [3.63, 3.8) is 0 Å². The maximum Gasteiger partial charge on any atom is 0.254 e. The highest BCUT2D eigenvalue weighted by Crippen LogP contribution is 2.38. The lowest BCUT2D eigenvalue weighted by Gasteiger charge is -2.46. The Balaban J connectivity index is 0.00000387. The van der Waals surface area contributed by atoms with Gasteiger partial charge in [0.1, 0.15) is 5.60 Å². The first-order valence-electron chi connectivity index (χ1n) is 13.8. The molecule has 2 heterocycles. The Morgan fingerprint density at radius 3 is 2.17 bits per heavy atom. The van der Waals surface area contributed by atoms with E-state index in [1.54, 1.807) is 13.0 Å². The molecule has 0 aromatic heterocycles. The minimum Gasteiger partial charge on any atom is -0.367 e. The van der Waals surface area contributed by atoms with Crippen LogP contribution < -0.4 is 5.32 Å². The number of halogens is 3. The summed E-state index contributed by atoms with van der Waals surface area (Å²) in [6.07, 6.45) is 2.31. The van der Waals surface area contributed by atoms with Gasteiger partial charge in [0.15, 0.2) is 0 Å². The van der Waals surface area contributed by atoms with Gasteiger partial charge in [-0.15, -0.1) is 12.4 Å². The lowest BCUT2D eigenvalue weighted by atomic mass is 9.80. The molecule has 1 atom stereocenters. The number of carbonyl (C=O) groups excluding carboxylic acids is 2. The van der Waals surface area contributed by atoms with Gasteiger partial charge in [-0.05, 0) is 54.7 Å². The molecule has 0 radical (unpaired) electrons. The van der Waals surface area contributed by atoms with E-state index in [1.165, 1.54) is 0 Å². The molecule has 0 spiro atoms. The highest BCUT2D eigenvalue weighted by Gasteiger charge is 2.42. The molecule has 2 fully saturated rings. The quantitative estimate of drug-likeness (QED) is 0.339. The molecule has 2 amide bonds. The van der Waals surface area contributed by atoms with Crippen molar-refractivity contribution in [1.82, 2.24) is 15.1 Å². The number of hydrogen-bond donors (Lipinski definition) is 1. The van der Waals surface area contributed by atoms with Gasteiger partial charge in [-0.1, -0.05) is 77.8 Å². The second-order valence-electron chi connectivity index (χ2n) is 10.8. The fraction of sp³-hybridized carbons (Fsp3) is 0.375. The molecule has 41 heavy (non-hydrogen) atoms. The van der Waals surface area contributed by atoms with E-state index in [1.807, 2.05) is 65.6 Å². The zero-order valence-corrected chi connectivity index (χ0v) is 25.5. The van der Waals surface area contributed by atoms with E-state index in [2.05, 4.69) is 22.3 Å². The molecular formula is C32H36Cl3N3O3. The average molecular weight is 617 g/mol. The molecule has 1 N–H and O–H groups in total. The molecule has 2 aliphatic heterocycles. The second kappa shape index (κ2) is 13.6. The van der Waals surface area contributed by atoms with Crippen LogP contribution in [0.2, 0.25) is 10.0 Å². The maximum atomic E-state index is 13.4. The molecule has 2 saturated heterocycles. The SMILES string of the molecule is CC(=O)NC1(c2ccccc2)CCN(CCC2(c3ccc(Cl)c(Cl)c3)CN(C(=O)c3ccccc3)CCO2)CC1.Cl. The van der Waals surface area contributed by atoms with Gasteiger partial charge in [0, 0.05) is 38.7 Å². The molecule has 9 heteroatoms. The molecule has 0 aliphatic carbocycles. The van der Waals surface area contributed by atoms with Gasteiger partial charge in [0.25, 0.3) is 5.91 Å². The largest absolute Gasteiger partial charge is 0.367 e. The summed E-state index contributed by atoms with van der Waals surface area (Å²) in [6, 6.07) is 25.2. The number of likely N-dealkylation sites (tertiary alicyclic amines) is 1. The van der Waals surface area contributed by atoms with Crippen LogP contribution in [0.5, 0.6) is 0 Å². The molecule has 5 rings (SSSR count). The first kappa shape index (κ1) is 31.3. The molecule has 3 aromatic carbocycles. The highest BCUT2D eigenvalue weighted by molar-refractivity contribution is 6.42. The van der Waals surface area contributed by atoms with Gasteiger partial charge in [-0.3, -0.25) is 9.59 Å². The molecule has 0 saturated carbocycles. The lowest BCUT2D eigenvalue weighted by Crippen LogP contribution is -2.55. The number of nitrogens with zero attached hydrogens (tertiary/aromatic N) is 2. The third-order valence-corrected chi connectivity index (χ3v) is 8.96. The number of rotatable bonds is 7. The lowest BCUT2D eigenvalue weighted by molar-refractivity contribution is -0.122. The Morgan fingerprint density at radius 1 is 0.878 bits per heavy atom.